The highest BCUT2D eigenvalue weighted by molar-refractivity contribution is 7.16. The monoisotopic (exact) mass is 476 g/mol. The second-order valence-corrected chi connectivity index (χ2v) is 10.8. The van der Waals surface area contributed by atoms with E-state index >= 15 is 0 Å². The summed E-state index contributed by atoms with van der Waals surface area (Å²) in [6, 6.07) is 14.7. The highest BCUT2D eigenvalue weighted by atomic mass is 32.1. The first-order chi connectivity index (χ1) is 16.3. The number of aromatic hydroxyl groups is 1. The molecule has 0 bridgehead atoms. The number of benzene rings is 2. The third-order valence-electron chi connectivity index (χ3n) is 6.34. The number of phenols is 1. The van der Waals surface area contributed by atoms with Gasteiger partial charge in [-0.05, 0) is 79.0 Å². The van der Waals surface area contributed by atoms with E-state index in [1.165, 1.54) is 4.88 Å². The Morgan fingerprint density at radius 3 is 2.71 bits per heavy atom. The minimum atomic E-state index is -0.120. The van der Waals surface area contributed by atoms with Gasteiger partial charge in [-0.15, -0.1) is 11.3 Å². The number of anilines is 1. The van der Waals surface area contributed by atoms with Crippen LogP contribution >= 0.6 is 11.3 Å². The molecule has 1 aliphatic carbocycles. The maximum Gasteiger partial charge on any atom is 0.259 e. The molecule has 1 aromatic heterocycles. The van der Waals surface area contributed by atoms with Gasteiger partial charge in [0, 0.05) is 16.8 Å². The summed E-state index contributed by atoms with van der Waals surface area (Å²) in [6.45, 7) is 9.21. The fraction of sp³-hybridized carbons (Fsp3) is 0.357. The van der Waals surface area contributed by atoms with Crippen molar-refractivity contribution in [1.82, 2.24) is 0 Å². The van der Waals surface area contributed by atoms with Crippen LogP contribution < -0.4 is 10.1 Å². The lowest BCUT2D eigenvalue weighted by Gasteiger charge is -2.33. The Morgan fingerprint density at radius 2 is 2.00 bits per heavy atom. The van der Waals surface area contributed by atoms with Gasteiger partial charge in [-0.25, -0.2) is 4.99 Å². The van der Waals surface area contributed by atoms with Crippen molar-refractivity contribution in [2.24, 2.45) is 16.3 Å². The van der Waals surface area contributed by atoms with Gasteiger partial charge in [-0.3, -0.25) is 4.79 Å². The number of para-hydroxylation sites is 1. The second kappa shape index (κ2) is 10.0. The van der Waals surface area contributed by atoms with E-state index in [2.05, 4.69) is 26.1 Å². The Balaban J connectivity index is 1.69. The molecule has 6 heteroatoms. The topological polar surface area (TPSA) is 70.9 Å². The van der Waals surface area contributed by atoms with Crippen LogP contribution in [0.4, 0.5) is 10.7 Å². The lowest BCUT2D eigenvalue weighted by Crippen LogP contribution is -2.27. The molecule has 0 fully saturated rings. The van der Waals surface area contributed by atoms with Crippen LogP contribution in [0.25, 0.3) is 0 Å². The van der Waals surface area contributed by atoms with E-state index in [1.807, 2.05) is 37.3 Å². The minimum Gasteiger partial charge on any atom is -0.504 e. The largest absolute Gasteiger partial charge is 0.504 e. The molecule has 1 atom stereocenters. The van der Waals surface area contributed by atoms with Crippen molar-refractivity contribution in [1.29, 1.82) is 0 Å². The number of carbonyl (C=O) groups is 1. The van der Waals surface area contributed by atoms with Crippen molar-refractivity contribution in [2.45, 2.75) is 47.0 Å². The van der Waals surface area contributed by atoms with Crippen LogP contribution in [0.3, 0.4) is 0 Å². The SMILES string of the molecule is CCOc1cc(/C=N/c2sc3c(c2C(=O)Nc2ccccc2)CCC(C(C)(C)C)C3)ccc1O. The molecule has 0 aliphatic heterocycles. The standard InChI is InChI=1S/C28H32N2O3S/c1-5-33-23-15-18(11-14-22(23)31)17-29-27-25(26(32)30-20-9-7-6-8-10-20)21-13-12-19(28(2,3)4)16-24(21)34-27/h6-11,14-15,17,19,31H,5,12-13,16H2,1-4H3,(H,30,32)/b29-17+. The molecule has 5 nitrogen and oxygen atoms in total. The fourth-order valence-electron chi connectivity index (χ4n) is 4.37. The molecule has 3 aromatic rings. The molecule has 1 aliphatic rings. The molecule has 1 amide bonds. The van der Waals surface area contributed by atoms with Gasteiger partial charge in [0.25, 0.3) is 5.91 Å². The van der Waals surface area contributed by atoms with Crippen LogP contribution in [0.5, 0.6) is 11.5 Å². The number of carbonyl (C=O) groups excluding carboxylic acids is 1. The predicted molar refractivity (Wildman–Crippen MR) is 140 cm³/mol. The molecule has 0 saturated heterocycles. The summed E-state index contributed by atoms with van der Waals surface area (Å²) in [4.78, 5) is 19.4. The predicted octanol–water partition coefficient (Wildman–Crippen LogP) is 7.01. The van der Waals surface area contributed by atoms with Crippen molar-refractivity contribution in [3.63, 3.8) is 0 Å². The smallest absolute Gasteiger partial charge is 0.259 e. The molecule has 0 radical (unpaired) electrons. The third kappa shape index (κ3) is 5.33. The van der Waals surface area contributed by atoms with Gasteiger partial charge in [0.2, 0.25) is 0 Å². The normalized spacial score (nSPS) is 15.8. The molecule has 1 unspecified atom stereocenters. The number of phenolic OH excluding ortho intramolecular Hbond substituents is 1. The van der Waals surface area contributed by atoms with Crippen molar-refractivity contribution < 1.29 is 14.6 Å². The number of ether oxygens (including phenoxy) is 1. The van der Waals surface area contributed by atoms with Crippen LogP contribution in [-0.4, -0.2) is 23.8 Å². The average Bonchev–Trinajstić information content (AvgIpc) is 3.17. The zero-order valence-corrected chi connectivity index (χ0v) is 21.0. The number of nitrogens with one attached hydrogen (secondary N) is 1. The summed E-state index contributed by atoms with van der Waals surface area (Å²) in [7, 11) is 0. The number of thiophene rings is 1. The van der Waals surface area contributed by atoms with E-state index in [-0.39, 0.29) is 17.1 Å². The van der Waals surface area contributed by atoms with Gasteiger partial charge in [0.15, 0.2) is 11.5 Å². The van der Waals surface area contributed by atoms with Gasteiger partial charge in [0.05, 0.1) is 12.2 Å². The van der Waals surface area contributed by atoms with Crippen LogP contribution in [0.1, 0.15) is 60.5 Å². The Morgan fingerprint density at radius 1 is 1.24 bits per heavy atom. The van der Waals surface area contributed by atoms with Gasteiger partial charge < -0.3 is 15.2 Å². The van der Waals surface area contributed by atoms with Gasteiger partial charge in [-0.2, -0.15) is 0 Å². The van der Waals surface area contributed by atoms with E-state index in [0.29, 0.717) is 23.8 Å². The molecule has 2 aromatic carbocycles. The van der Waals surface area contributed by atoms with E-state index in [4.69, 9.17) is 9.73 Å². The van der Waals surface area contributed by atoms with Crippen LogP contribution in [0, 0.1) is 11.3 Å². The molecular weight excluding hydrogens is 444 g/mol. The van der Waals surface area contributed by atoms with E-state index in [9.17, 15) is 9.90 Å². The Kier molecular flexibility index (Phi) is 7.08. The molecule has 34 heavy (non-hydrogen) atoms. The van der Waals surface area contributed by atoms with Crippen molar-refractivity contribution in [2.75, 3.05) is 11.9 Å². The van der Waals surface area contributed by atoms with Crippen molar-refractivity contribution in [3.05, 3.63) is 70.1 Å². The molecule has 4 rings (SSSR count). The summed E-state index contributed by atoms with van der Waals surface area (Å²) in [6.07, 6.45) is 4.66. The van der Waals surface area contributed by atoms with Crippen LogP contribution in [-0.2, 0) is 12.8 Å². The number of fused-ring (bicyclic) bond motifs is 1. The minimum absolute atomic E-state index is 0.0988. The molecular formula is C28H32N2O3S. The lowest BCUT2D eigenvalue weighted by molar-refractivity contribution is 0.102. The van der Waals surface area contributed by atoms with Gasteiger partial charge in [0.1, 0.15) is 5.00 Å². The first kappa shape index (κ1) is 24.0. The average molecular weight is 477 g/mol. The van der Waals surface area contributed by atoms with Crippen LogP contribution in [0.15, 0.2) is 53.5 Å². The highest BCUT2D eigenvalue weighted by Gasteiger charge is 2.33. The Hall–Kier alpha value is -3.12. The molecule has 0 saturated carbocycles. The number of rotatable bonds is 6. The fourth-order valence-corrected chi connectivity index (χ4v) is 5.63. The second-order valence-electron chi connectivity index (χ2n) is 9.73. The first-order valence-corrected chi connectivity index (χ1v) is 12.6. The number of nitrogens with zero attached hydrogens (tertiary/aromatic N) is 1. The van der Waals surface area contributed by atoms with E-state index in [0.717, 1.165) is 41.1 Å². The Bertz CT molecular complexity index is 1190. The summed E-state index contributed by atoms with van der Waals surface area (Å²) in [5.74, 6) is 0.978. The summed E-state index contributed by atoms with van der Waals surface area (Å²) >= 11 is 1.62. The maximum absolute atomic E-state index is 13.4. The number of amides is 1. The van der Waals surface area contributed by atoms with E-state index < -0.39 is 0 Å². The summed E-state index contributed by atoms with van der Waals surface area (Å²) in [5, 5.41) is 13.8. The van der Waals surface area contributed by atoms with E-state index in [1.54, 1.807) is 35.8 Å². The van der Waals surface area contributed by atoms with Crippen molar-refractivity contribution in [3.8, 4) is 11.5 Å². The van der Waals surface area contributed by atoms with Crippen molar-refractivity contribution >= 4 is 34.1 Å². The zero-order valence-electron chi connectivity index (χ0n) is 20.2. The number of hydrogen-bond donors (Lipinski definition) is 2. The summed E-state index contributed by atoms with van der Waals surface area (Å²) < 4.78 is 5.49. The maximum atomic E-state index is 13.4. The van der Waals surface area contributed by atoms with Crippen LogP contribution in [0.2, 0.25) is 0 Å². The van der Waals surface area contributed by atoms with Gasteiger partial charge in [-0.1, -0.05) is 39.0 Å². The molecule has 178 valence electrons. The highest BCUT2D eigenvalue weighted by Crippen LogP contribution is 2.45. The lowest BCUT2D eigenvalue weighted by atomic mass is 9.72. The first-order valence-electron chi connectivity index (χ1n) is 11.8. The molecule has 1 heterocycles. The quantitative estimate of drug-likeness (QED) is 0.376. The van der Waals surface area contributed by atoms with Gasteiger partial charge >= 0.3 is 0 Å². The Labute approximate surface area is 205 Å². The summed E-state index contributed by atoms with van der Waals surface area (Å²) in [5.41, 5.74) is 3.60. The number of aliphatic imine (C=N–C) groups is 1. The molecule has 0 spiro atoms. The third-order valence-corrected chi connectivity index (χ3v) is 7.51. The molecule has 2 N–H and O–H groups in total. The number of hydrogen-bond acceptors (Lipinski definition) is 5. The zero-order chi connectivity index (χ0) is 24.3.